The molecule has 0 bridgehead atoms. The van der Waals surface area contributed by atoms with Gasteiger partial charge in [0.1, 0.15) is 12.6 Å². The van der Waals surface area contributed by atoms with Gasteiger partial charge in [0.15, 0.2) is 0 Å². The van der Waals surface area contributed by atoms with E-state index in [0.29, 0.717) is 5.88 Å². The summed E-state index contributed by atoms with van der Waals surface area (Å²) < 4.78 is 5.49. The number of hydrogen-bond donors (Lipinski definition) is 6. The van der Waals surface area contributed by atoms with Gasteiger partial charge in [0.05, 0.1) is 0 Å². The molecule has 1 aromatic rings. The lowest BCUT2D eigenvalue weighted by Crippen LogP contribution is -2.74. The summed E-state index contributed by atoms with van der Waals surface area (Å²) in [5, 5.41) is 18.2. The van der Waals surface area contributed by atoms with Crippen LogP contribution in [0.2, 0.25) is 0 Å². The zero-order chi connectivity index (χ0) is 13.0. The molecule has 0 saturated carbocycles. The smallest absolute Gasteiger partial charge is 0.264 e. The Morgan fingerprint density at radius 1 is 1.44 bits per heavy atom. The third-order valence-corrected chi connectivity index (χ3v) is 2.30. The second kappa shape index (κ2) is 5.89. The molecule has 0 aliphatic carbocycles. The van der Waals surface area contributed by atoms with E-state index in [0.717, 1.165) is 6.54 Å². The molecule has 1 aliphatic rings. The number of aromatic amines is 1. The summed E-state index contributed by atoms with van der Waals surface area (Å²) in [6, 6.07) is 2.82. The van der Waals surface area contributed by atoms with Crippen LogP contribution in [0.15, 0.2) is 16.9 Å². The molecule has 3 atom stereocenters. The molecular weight excluding hydrogens is 238 g/mol. The van der Waals surface area contributed by atoms with Crippen LogP contribution in [0.4, 0.5) is 0 Å². The number of rotatable bonds is 4. The highest BCUT2D eigenvalue weighted by molar-refractivity contribution is 5.06. The Labute approximate surface area is 103 Å². The number of H-pyrrole nitrogens is 1. The van der Waals surface area contributed by atoms with Crippen molar-refractivity contribution in [2.75, 3.05) is 6.54 Å². The van der Waals surface area contributed by atoms with Crippen LogP contribution in [0, 0.1) is 0 Å². The lowest BCUT2D eigenvalue weighted by Gasteiger charge is -2.36. The number of hydrogen-bond acceptors (Lipinski definition) is 8. The van der Waals surface area contributed by atoms with Crippen molar-refractivity contribution in [3.05, 3.63) is 22.5 Å². The predicted octanol–water partition coefficient (Wildman–Crippen LogP) is -2.65. The fraction of sp³-hybridized carbons (Fsp3) is 0.556. The molecule has 0 unspecified atom stereocenters. The summed E-state index contributed by atoms with van der Waals surface area (Å²) in [5.74, 6) is 0.295. The number of aromatic nitrogens is 2. The standard InChI is InChI=1S/C9H17N7O2/c1-2-11-8-12-7(10)13-9(14-8)18-6-4-3-5(17)15-16-6/h3-4,7-9,11-14H,2,10H2,1H3,(H,15,17)/t7-,8+,9-/m0/s1. The number of nitrogens with two attached hydrogens (primary N) is 1. The second-order valence-electron chi connectivity index (χ2n) is 3.73. The van der Waals surface area contributed by atoms with Crippen molar-refractivity contribution in [2.45, 2.75) is 25.9 Å². The SMILES string of the molecule is CCN[C@@H]1N[C@H](N)N[C@H](Oc2ccc(=O)[nH]n2)N1. The average Bonchev–Trinajstić information content (AvgIpc) is 2.32. The minimum absolute atomic E-state index is 0.168. The van der Waals surface area contributed by atoms with Crippen LogP contribution < -0.4 is 37.3 Å². The van der Waals surface area contributed by atoms with E-state index in [9.17, 15) is 4.79 Å². The lowest BCUT2D eigenvalue weighted by atomic mass is 10.5. The van der Waals surface area contributed by atoms with Crippen molar-refractivity contribution in [1.29, 1.82) is 0 Å². The Balaban J connectivity index is 1.95. The Morgan fingerprint density at radius 2 is 2.28 bits per heavy atom. The minimum atomic E-state index is -0.510. The lowest BCUT2D eigenvalue weighted by molar-refractivity contribution is 0.0365. The molecule has 18 heavy (non-hydrogen) atoms. The summed E-state index contributed by atoms with van der Waals surface area (Å²) in [6.45, 7) is 2.76. The third kappa shape index (κ3) is 3.48. The first kappa shape index (κ1) is 12.9. The van der Waals surface area contributed by atoms with Crippen molar-refractivity contribution in [3.63, 3.8) is 0 Å². The molecule has 0 aromatic carbocycles. The van der Waals surface area contributed by atoms with Crippen LogP contribution in [-0.4, -0.2) is 35.7 Å². The van der Waals surface area contributed by atoms with Gasteiger partial charge < -0.3 is 10.5 Å². The van der Waals surface area contributed by atoms with E-state index in [2.05, 4.69) is 31.5 Å². The van der Waals surface area contributed by atoms with E-state index in [-0.39, 0.29) is 11.8 Å². The van der Waals surface area contributed by atoms with Gasteiger partial charge in [-0.1, -0.05) is 6.92 Å². The highest BCUT2D eigenvalue weighted by Crippen LogP contribution is 2.02. The zero-order valence-corrected chi connectivity index (χ0v) is 9.93. The molecule has 0 amide bonds. The topological polar surface area (TPSA) is 129 Å². The normalized spacial score (nSPS) is 28.0. The van der Waals surface area contributed by atoms with Crippen molar-refractivity contribution in [2.24, 2.45) is 5.73 Å². The van der Waals surface area contributed by atoms with Crippen LogP contribution in [-0.2, 0) is 0 Å². The molecule has 2 rings (SSSR count). The minimum Gasteiger partial charge on any atom is -0.444 e. The van der Waals surface area contributed by atoms with Gasteiger partial charge in [-0.15, -0.1) is 5.10 Å². The Hall–Kier alpha value is -1.52. The highest BCUT2D eigenvalue weighted by atomic mass is 16.5. The molecule has 1 saturated heterocycles. The molecule has 9 nitrogen and oxygen atoms in total. The van der Waals surface area contributed by atoms with Gasteiger partial charge in [-0.25, -0.2) is 15.7 Å². The van der Waals surface area contributed by atoms with Crippen molar-refractivity contribution in [1.82, 2.24) is 31.5 Å². The quantitative estimate of drug-likeness (QED) is 0.344. The van der Waals surface area contributed by atoms with Gasteiger partial charge >= 0.3 is 0 Å². The first-order chi connectivity index (χ1) is 8.67. The Kier molecular flexibility index (Phi) is 4.23. The Morgan fingerprint density at radius 3 is 2.94 bits per heavy atom. The van der Waals surface area contributed by atoms with Crippen molar-refractivity contribution < 1.29 is 4.74 Å². The van der Waals surface area contributed by atoms with E-state index in [1.807, 2.05) is 6.92 Å². The van der Waals surface area contributed by atoms with E-state index in [4.69, 9.17) is 10.5 Å². The molecule has 2 heterocycles. The molecule has 9 heteroatoms. The van der Waals surface area contributed by atoms with Gasteiger partial charge in [-0.3, -0.25) is 15.4 Å². The summed E-state index contributed by atoms with van der Waals surface area (Å²) >= 11 is 0. The fourth-order valence-corrected chi connectivity index (χ4v) is 1.55. The highest BCUT2D eigenvalue weighted by Gasteiger charge is 2.25. The maximum atomic E-state index is 10.9. The first-order valence-electron chi connectivity index (χ1n) is 5.67. The molecule has 7 N–H and O–H groups in total. The van der Waals surface area contributed by atoms with Gasteiger partial charge in [0.2, 0.25) is 12.2 Å². The number of ether oxygens (including phenoxy) is 1. The van der Waals surface area contributed by atoms with Crippen LogP contribution in [0.25, 0.3) is 0 Å². The number of nitrogens with zero attached hydrogens (tertiary/aromatic N) is 1. The largest absolute Gasteiger partial charge is 0.444 e. The molecule has 100 valence electrons. The maximum Gasteiger partial charge on any atom is 0.264 e. The van der Waals surface area contributed by atoms with Gasteiger partial charge in [0.25, 0.3) is 5.56 Å². The summed E-state index contributed by atoms with van der Waals surface area (Å²) in [5.41, 5.74) is 5.48. The number of nitrogens with one attached hydrogen (secondary N) is 5. The molecule has 0 spiro atoms. The van der Waals surface area contributed by atoms with E-state index < -0.39 is 12.6 Å². The third-order valence-electron chi connectivity index (χ3n) is 2.30. The van der Waals surface area contributed by atoms with Crippen LogP contribution in [0.5, 0.6) is 5.88 Å². The summed E-state index contributed by atoms with van der Waals surface area (Å²) in [6.07, 6.45) is -1.09. The van der Waals surface area contributed by atoms with Gasteiger partial charge in [0, 0.05) is 12.1 Å². The second-order valence-corrected chi connectivity index (χ2v) is 3.73. The summed E-state index contributed by atoms with van der Waals surface area (Å²) in [4.78, 5) is 10.9. The maximum absolute atomic E-state index is 10.9. The predicted molar refractivity (Wildman–Crippen MR) is 64.1 cm³/mol. The molecule has 1 aromatic heterocycles. The van der Waals surface area contributed by atoms with E-state index in [1.54, 1.807) is 0 Å². The van der Waals surface area contributed by atoms with Gasteiger partial charge in [-0.05, 0) is 6.54 Å². The van der Waals surface area contributed by atoms with E-state index >= 15 is 0 Å². The molecule has 0 radical (unpaired) electrons. The Bertz CT molecular complexity index is 417. The van der Waals surface area contributed by atoms with E-state index in [1.165, 1.54) is 12.1 Å². The average molecular weight is 255 g/mol. The van der Waals surface area contributed by atoms with Gasteiger partial charge in [-0.2, -0.15) is 0 Å². The first-order valence-corrected chi connectivity index (χ1v) is 5.67. The molecule has 1 fully saturated rings. The van der Waals surface area contributed by atoms with Crippen LogP contribution in [0.1, 0.15) is 6.92 Å². The zero-order valence-electron chi connectivity index (χ0n) is 9.93. The molecular formula is C9H17N7O2. The van der Waals surface area contributed by atoms with Crippen LogP contribution in [0.3, 0.4) is 0 Å². The van der Waals surface area contributed by atoms with Crippen LogP contribution >= 0.6 is 0 Å². The summed E-state index contributed by atoms with van der Waals surface area (Å²) in [7, 11) is 0. The monoisotopic (exact) mass is 255 g/mol. The fourth-order valence-electron chi connectivity index (χ4n) is 1.55. The molecule has 1 aliphatic heterocycles. The van der Waals surface area contributed by atoms with Crippen molar-refractivity contribution in [3.8, 4) is 5.88 Å². The van der Waals surface area contributed by atoms with Crippen molar-refractivity contribution >= 4 is 0 Å².